The zero-order valence-electron chi connectivity index (χ0n) is 15.6. The number of carbonyl (C=O) groups is 1. The maximum atomic E-state index is 14.7. The van der Waals surface area contributed by atoms with Gasteiger partial charge in [-0.25, -0.2) is 13.6 Å². The number of carbonyl (C=O) groups excluding carboxylic acids is 1. The summed E-state index contributed by atoms with van der Waals surface area (Å²) in [7, 11) is 0. The molecule has 158 valence electrons. The first-order valence-corrected chi connectivity index (χ1v) is 9.30. The second kappa shape index (κ2) is 7.28. The van der Waals surface area contributed by atoms with Gasteiger partial charge in [-0.15, -0.1) is 0 Å². The molecule has 0 bridgehead atoms. The maximum absolute atomic E-state index is 14.7. The number of aromatic nitrogens is 2. The van der Waals surface area contributed by atoms with Gasteiger partial charge in [0.2, 0.25) is 0 Å². The number of nitriles is 1. The van der Waals surface area contributed by atoms with Gasteiger partial charge < -0.3 is 15.3 Å². The molecule has 1 atom stereocenters. The van der Waals surface area contributed by atoms with Crippen molar-refractivity contribution in [2.75, 3.05) is 11.9 Å². The van der Waals surface area contributed by atoms with Crippen LogP contribution in [0.4, 0.5) is 28.0 Å². The molecule has 1 aromatic carbocycles. The molecule has 4 rings (SSSR count). The molecule has 2 N–H and O–H groups in total. The Hall–Kier alpha value is -3.13. The topological polar surface area (TPSA) is 94.2 Å². The lowest BCUT2D eigenvalue weighted by atomic mass is 10.00. The molecule has 0 spiro atoms. The van der Waals surface area contributed by atoms with Gasteiger partial charge in [-0.3, -0.25) is 4.68 Å². The number of fused-ring (bicyclic) bond motifs is 3. The minimum atomic E-state index is -3.21. The molecule has 11 heteroatoms. The molecule has 1 aromatic heterocycles. The van der Waals surface area contributed by atoms with E-state index in [2.05, 4.69) is 10.4 Å². The largest absolute Gasteiger partial charge is 0.391 e. The van der Waals surface area contributed by atoms with Gasteiger partial charge in [-0.05, 0) is 18.6 Å². The normalized spacial score (nSPS) is 20.0. The molecular formula is C19H17F4N5O2. The lowest BCUT2D eigenvalue weighted by Crippen LogP contribution is -2.39. The second-order valence-corrected chi connectivity index (χ2v) is 7.35. The van der Waals surface area contributed by atoms with Crippen molar-refractivity contribution in [3.8, 4) is 6.07 Å². The Kier molecular flexibility index (Phi) is 4.89. The van der Waals surface area contributed by atoms with E-state index in [1.807, 2.05) is 0 Å². The number of aliphatic hydroxyl groups excluding tert-OH is 1. The number of halogens is 4. The minimum absolute atomic E-state index is 0.0537. The standard InChI is InChI=1S/C19H17F4N5O2/c20-13-1-2-15(16(21)11(13)7-24)25-18(30)27-6-4-14-12(9-27)17-19(22,23)5-3-10(29)8-28(17)26-14/h1-2,10,29H,3-6,8-9H2,(H,25,30). The van der Waals surface area contributed by atoms with Gasteiger partial charge in [0.15, 0.2) is 5.82 Å². The third-order valence-corrected chi connectivity index (χ3v) is 5.35. The fourth-order valence-electron chi connectivity index (χ4n) is 3.84. The van der Waals surface area contributed by atoms with Gasteiger partial charge in [-0.1, -0.05) is 0 Å². The lowest BCUT2D eigenvalue weighted by molar-refractivity contribution is -0.0248. The van der Waals surface area contributed by atoms with Crippen LogP contribution in [0.3, 0.4) is 0 Å². The van der Waals surface area contributed by atoms with E-state index in [-0.39, 0.29) is 49.4 Å². The number of hydrogen-bond acceptors (Lipinski definition) is 4. The summed E-state index contributed by atoms with van der Waals surface area (Å²) in [6.45, 7) is -0.0741. The van der Waals surface area contributed by atoms with Crippen LogP contribution < -0.4 is 5.32 Å². The van der Waals surface area contributed by atoms with E-state index in [1.54, 1.807) is 0 Å². The van der Waals surface area contributed by atoms with Crippen LogP contribution in [-0.4, -0.2) is 38.5 Å². The average Bonchev–Trinajstić information content (AvgIpc) is 3.01. The molecule has 2 aliphatic rings. The molecular weight excluding hydrogens is 406 g/mol. The first-order chi connectivity index (χ1) is 14.2. The molecule has 0 fully saturated rings. The maximum Gasteiger partial charge on any atom is 0.322 e. The van der Waals surface area contributed by atoms with Crippen LogP contribution in [0.5, 0.6) is 0 Å². The van der Waals surface area contributed by atoms with Gasteiger partial charge >= 0.3 is 6.03 Å². The van der Waals surface area contributed by atoms with E-state index < -0.39 is 41.7 Å². The first-order valence-electron chi connectivity index (χ1n) is 9.30. The van der Waals surface area contributed by atoms with Gasteiger partial charge in [-0.2, -0.15) is 19.1 Å². The van der Waals surface area contributed by atoms with E-state index in [0.717, 1.165) is 16.8 Å². The molecule has 7 nitrogen and oxygen atoms in total. The summed E-state index contributed by atoms with van der Waals surface area (Å²) >= 11 is 0. The number of benzene rings is 1. The summed E-state index contributed by atoms with van der Waals surface area (Å²) in [4.78, 5) is 13.8. The Morgan fingerprint density at radius 1 is 1.37 bits per heavy atom. The molecule has 0 radical (unpaired) electrons. The summed E-state index contributed by atoms with van der Waals surface area (Å²) < 4.78 is 58.2. The van der Waals surface area contributed by atoms with Gasteiger partial charge in [0.05, 0.1) is 30.6 Å². The quantitative estimate of drug-likeness (QED) is 0.690. The van der Waals surface area contributed by atoms with Crippen LogP contribution in [-0.2, 0) is 25.4 Å². The number of nitrogens with zero attached hydrogens (tertiary/aromatic N) is 4. The number of amides is 2. The van der Waals surface area contributed by atoms with E-state index in [1.165, 1.54) is 11.0 Å². The molecule has 0 saturated heterocycles. The summed E-state index contributed by atoms with van der Waals surface area (Å²) in [5.41, 5.74) is -0.874. The Labute approximate surface area is 168 Å². The lowest BCUT2D eigenvalue weighted by Gasteiger charge is -2.28. The minimum Gasteiger partial charge on any atom is -0.391 e. The summed E-state index contributed by atoms with van der Waals surface area (Å²) in [6.07, 6.45) is -1.32. The van der Waals surface area contributed by atoms with Crippen molar-refractivity contribution in [1.82, 2.24) is 14.7 Å². The predicted octanol–water partition coefficient (Wildman–Crippen LogP) is 2.87. The monoisotopic (exact) mass is 423 g/mol. The molecule has 1 unspecified atom stereocenters. The van der Waals surface area contributed by atoms with E-state index >= 15 is 0 Å². The van der Waals surface area contributed by atoms with E-state index in [0.29, 0.717) is 5.69 Å². The fraction of sp³-hybridized carbons (Fsp3) is 0.421. The average molecular weight is 423 g/mol. The Balaban J connectivity index is 1.60. The van der Waals surface area contributed by atoms with Gasteiger partial charge in [0, 0.05) is 24.9 Å². The van der Waals surface area contributed by atoms with Gasteiger partial charge in [0.25, 0.3) is 5.92 Å². The van der Waals surface area contributed by atoms with Crippen LogP contribution in [0, 0.1) is 23.0 Å². The highest BCUT2D eigenvalue weighted by Crippen LogP contribution is 2.40. The predicted molar refractivity (Wildman–Crippen MR) is 95.6 cm³/mol. The molecule has 2 aliphatic heterocycles. The molecule has 30 heavy (non-hydrogen) atoms. The molecule has 0 saturated carbocycles. The second-order valence-electron chi connectivity index (χ2n) is 7.35. The van der Waals surface area contributed by atoms with Crippen molar-refractivity contribution in [3.05, 3.63) is 46.3 Å². The third-order valence-electron chi connectivity index (χ3n) is 5.35. The highest BCUT2D eigenvalue weighted by atomic mass is 19.3. The summed E-state index contributed by atoms with van der Waals surface area (Å²) in [6, 6.07) is 2.46. The number of hydrogen-bond donors (Lipinski definition) is 2. The highest BCUT2D eigenvalue weighted by Gasteiger charge is 2.43. The zero-order valence-corrected chi connectivity index (χ0v) is 15.6. The Bertz CT molecular complexity index is 1060. The third kappa shape index (κ3) is 3.37. The number of aliphatic hydroxyl groups is 1. The van der Waals surface area contributed by atoms with Crippen molar-refractivity contribution in [2.45, 2.75) is 44.4 Å². The Morgan fingerprint density at radius 3 is 2.87 bits per heavy atom. The summed E-state index contributed by atoms with van der Waals surface area (Å²) in [5, 5.41) is 25.2. The summed E-state index contributed by atoms with van der Waals surface area (Å²) in [5.74, 6) is -5.46. The molecule has 0 aliphatic carbocycles. The number of alkyl halides is 2. The van der Waals surface area contributed by atoms with Crippen molar-refractivity contribution in [2.24, 2.45) is 0 Å². The van der Waals surface area contributed by atoms with Crippen LogP contribution in [0.25, 0.3) is 0 Å². The van der Waals surface area contributed by atoms with Gasteiger partial charge in [0.1, 0.15) is 23.1 Å². The number of anilines is 1. The van der Waals surface area contributed by atoms with Crippen LogP contribution in [0.15, 0.2) is 12.1 Å². The Morgan fingerprint density at radius 2 is 2.13 bits per heavy atom. The smallest absolute Gasteiger partial charge is 0.322 e. The van der Waals surface area contributed by atoms with E-state index in [4.69, 9.17) is 5.26 Å². The molecule has 2 aromatic rings. The fourth-order valence-corrected chi connectivity index (χ4v) is 3.84. The number of rotatable bonds is 1. The molecule has 3 heterocycles. The van der Waals surface area contributed by atoms with Crippen LogP contribution in [0.2, 0.25) is 0 Å². The van der Waals surface area contributed by atoms with Crippen LogP contribution >= 0.6 is 0 Å². The van der Waals surface area contributed by atoms with Crippen molar-refractivity contribution in [1.29, 1.82) is 5.26 Å². The van der Waals surface area contributed by atoms with E-state index in [9.17, 15) is 27.5 Å². The van der Waals surface area contributed by atoms with Crippen molar-refractivity contribution in [3.63, 3.8) is 0 Å². The molecule has 2 amide bonds. The number of nitrogens with one attached hydrogen (secondary N) is 1. The zero-order chi connectivity index (χ0) is 21.6. The van der Waals surface area contributed by atoms with Crippen LogP contribution in [0.1, 0.15) is 35.4 Å². The number of urea groups is 1. The highest BCUT2D eigenvalue weighted by molar-refractivity contribution is 5.90. The SMILES string of the molecule is N#Cc1c(F)ccc(NC(=O)N2CCc3nn4c(c3C2)C(F)(F)CCC(O)C4)c1F. The first kappa shape index (κ1) is 20.2. The van der Waals surface area contributed by atoms with Crippen molar-refractivity contribution < 1.29 is 27.5 Å². The van der Waals surface area contributed by atoms with Crippen molar-refractivity contribution >= 4 is 11.7 Å².